The number of amides is 2. The second-order valence-corrected chi connectivity index (χ2v) is 6.97. The molecule has 118 valence electrons. The Kier molecular flexibility index (Phi) is 4.81. The summed E-state index contributed by atoms with van der Waals surface area (Å²) in [5, 5.41) is 0. The molecule has 1 saturated heterocycles. The largest absolute Gasteiger partial charge is 0.341 e. The summed E-state index contributed by atoms with van der Waals surface area (Å²) < 4.78 is 0. The van der Waals surface area contributed by atoms with Gasteiger partial charge in [0.1, 0.15) is 0 Å². The van der Waals surface area contributed by atoms with Crippen LogP contribution in [0, 0.1) is 11.8 Å². The van der Waals surface area contributed by atoms with Crippen molar-refractivity contribution in [1.29, 1.82) is 0 Å². The Bertz CT molecular complexity index is 386. The van der Waals surface area contributed by atoms with Crippen LogP contribution in [0.25, 0.3) is 0 Å². The zero-order chi connectivity index (χ0) is 14.7. The maximum Gasteiger partial charge on any atom is 0.225 e. The third-order valence-corrected chi connectivity index (χ3v) is 5.53. The maximum atomic E-state index is 12.6. The molecule has 0 aromatic heterocycles. The molecular formula is C17H28N2O2. The lowest BCUT2D eigenvalue weighted by molar-refractivity contribution is -0.139. The van der Waals surface area contributed by atoms with Gasteiger partial charge in [0, 0.05) is 38.0 Å². The lowest BCUT2D eigenvalue weighted by Gasteiger charge is -2.31. The van der Waals surface area contributed by atoms with E-state index in [9.17, 15) is 9.59 Å². The standard InChI is InChI=1S/C17H28N2O2/c20-16(14-6-2-1-3-7-14)18-10-5-11-19(13-12-18)17(21)15-8-4-9-15/h14-15H,1-13H2. The van der Waals surface area contributed by atoms with E-state index in [-0.39, 0.29) is 11.8 Å². The van der Waals surface area contributed by atoms with Crippen molar-refractivity contribution in [3.8, 4) is 0 Å². The molecule has 0 spiro atoms. The summed E-state index contributed by atoms with van der Waals surface area (Å²) in [4.78, 5) is 29.0. The molecule has 21 heavy (non-hydrogen) atoms. The number of rotatable bonds is 2. The highest BCUT2D eigenvalue weighted by atomic mass is 16.2. The van der Waals surface area contributed by atoms with Crippen LogP contribution in [0.1, 0.15) is 57.8 Å². The molecule has 2 amide bonds. The fraction of sp³-hybridized carbons (Fsp3) is 0.882. The van der Waals surface area contributed by atoms with Crippen LogP contribution in [0.3, 0.4) is 0 Å². The van der Waals surface area contributed by atoms with E-state index in [1.807, 2.05) is 9.80 Å². The average Bonchev–Trinajstić information content (AvgIpc) is 2.71. The quantitative estimate of drug-likeness (QED) is 0.784. The van der Waals surface area contributed by atoms with E-state index < -0.39 is 0 Å². The minimum absolute atomic E-state index is 0.257. The highest BCUT2D eigenvalue weighted by Gasteiger charge is 2.32. The Labute approximate surface area is 127 Å². The van der Waals surface area contributed by atoms with Crippen LogP contribution < -0.4 is 0 Å². The predicted octanol–water partition coefficient (Wildman–Crippen LogP) is 2.43. The van der Waals surface area contributed by atoms with Gasteiger partial charge >= 0.3 is 0 Å². The Balaban J connectivity index is 1.52. The number of carbonyl (C=O) groups excluding carboxylic acids is 2. The monoisotopic (exact) mass is 292 g/mol. The van der Waals surface area contributed by atoms with Gasteiger partial charge in [-0.25, -0.2) is 0 Å². The van der Waals surface area contributed by atoms with Crippen LogP contribution in [0.4, 0.5) is 0 Å². The second-order valence-electron chi connectivity index (χ2n) is 6.97. The molecule has 2 aliphatic carbocycles. The van der Waals surface area contributed by atoms with Crippen molar-refractivity contribution in [2.24, 2.45) is 11.8 Å². The summed E-state index contributed by atoms with van der Waals surface area (Å²) >= 11 is 0. The van der Waals surface area contributed by atoms with Gasteiger partial charge in [-0.3, -0.25) is 9.59 Å². The molecule has 0 aromatic carbocycles. The van der Waals surface area contributed by atoms with Crippen LogP contribution >= 0.6 is 0 Å². The third kappa shape index (κ3) is 3.41. The lowest BCUT2D eigenvalue weighted by Crippen LogP contribution is -2.42. The Hall–Kier alpha value is -1.06. The summed E-state index contributed by atoms with van der Waals surface area (Å²) in [6.45, 7) is 3.16. The SMILES string of the molecule is O=C(C1CCCCC1)N1CCCN(C(=O)C2CCC2)CC1. The molecule has 1 heterocycles. The van der Waals surface area contributed by atoms with Crippen LogP contribution in [-0.2, 0) is 9.59 Å². The molecule has 0 aromatic rings. The first-order chi connectivity index (χ1) is 10.3. The van der Waals surface area contributed by atoms with Gasteiger partial charge in [-0.2, -0.15) is 0 Å². The molecule has 3 rings (SSSR count). The van der Waals surface area contributed by atoms with E-state index in [2.05, 4.69) is 0 Å². The maximum absolute atomic E-state index is 12.6. The zero-order valence-electron chi connectivity index (χ0n) is 13.1. The van der Waals surface area contributed by atoms with Gasteiger partial charge in [0.15, 0.2) is 0 Å². The van der Waals surface area contributed by atoms with Gasteiger partial charge in [0.2, 0.25) is 11.8 Å². The number of hydrogen-bond donors (Lipinski definition) is 0. The summed E-state index contributed by atoms with van der Waals surface area (Å²) in [6, 6.07) is 0. The van der Waals surface area contributed by atoms with Crippen molar-refractivity contribution in [1.82, 2.24) is 9.80 Å². The summed E-state index contributed by atoms with van der Waals surface area (Å²) in [7, 11) is 0. The first-order valence-corrected chi connectivity index (χ1v) is 8.83. The van der Waals surface area contributed by atoms with Crippen molar-refractivity contribution >= 4 is 11.8 Å². The van der Waals surface area contributed by atoms with Gasteiger partial charge in [0.05, 0.1) is 0 Å². The molecule has 0 atom stereocenters. The molecular weight excluding hydrogens is 264 g/mol. The molecule has 3 aliphatic rings. The van der Waals surface area contributed by atoms with Crippen molar-refractivity contribution in [3.05, 3.63) is 0 Å². The molecule has 4 heteroatoms. The topological polar surface area (TPSA) is 40.6 Å². The number of hydrogen-bond acceptors (Lipinski definition) is 2. The fourth-order valence-electron chi connectivity index (χ4n) is 3.88. The van der Waals surface area contributed by atoms with Crippen molar-refractivity contribution in [2.45, 2.75) is 57.8 Å². The summed E-state index contributed by atoms with van der Waals surface area (Å²) in [6.07, 6.45) is 10.1. The van der Waals surface area contributed by atoms with Crippen molar-refractivity contribution < 1.29 is 9.59 Å². The Morgan fingerprint density at radius 2 is 1.05 bits per heavy atom. The molecule has 2 saturated carbocycles. The minimum atomic E-state index is 0.257. The van der Waals surface area contributed by atoms with Crippen molar-refractivity contribution in [2.75, 3.05) is 26.2 Å². The first-order valence-electron chi connectivity index (χ1n) is 8.83. The normalized spacial score (nSPS) is 25.3. The molecule has 0 N–H and O–H groups in total. The van der Waals surface area contributed by atoms with E-state index in [0.717, 1.165) is 58.3 Å². The molecule has 1 aliphatic heterocycles. The van der Waals surface area contributed by atoms with Gasteiger partial charge in [0.25, 0.3) is 0 Å². The van der Waals surface area contributed by atoms with E-state index in [0.29, 0.717) is 11.8 Å². The number of carbonyl (C=O) groups is 2. The predicted molar refractivity (Wildman–Crippen MR) is 81.7 cm³/mol. The Morgan fingerprint density at radius 3 is 1.48 bits per heavy atom. The van der Waals surface area contributed by atoms with Crippen LogP contribution in [0.5, 0.6) is 0 Å². The summed E-state index contributed by atoms with van der Waals surface area (Å²) in [5.41, 5.74) is 0. The molecule has 0 unspecified atom stereocenters. The molecule has 4 nitrogen and oxygen atoms in total. The zero-order valence-corrected chi connectivity index (χ0v) is 13.1. The summed E-state index contributed by atoms with van der Waals surface area (Å²) in [5.74, 6) is 1.24. The van der Waals surface area contributed by atoms with E-state index in [4.69, 9.17) is 0 Å². The fourth-order valence-corrected chi connectivity index (χ4v) is 3.88. The average molecular weight is 292 g/mol. The van der Waals surface area contributed by atoms with Gasteiger partial charge in [-0.15, -0.1) is 0 Å². The van der Waals surface area contributed by atoms with E-state index in [1.165, 1.54) is 25.7 Å². The molecule has 0 radical (unpaired) electrons. The van der Waals surface area contributed by atoms with Crippen LogP contribution in [0.2, 0.25) is 0 Å². The number of nitrogens with zero attached hydrogens (tertiary/aromatic N) is 2. The Morgan fingerprint density at radius 1 is 0.571 bits per heavy atom. The third-order valence-electron chi connectivity index (χ3n) is 5.53. The highest BCUT2D eigenvalue weighted by molar-refractivity contribution is 5.80. The smallest absolute Gasteiger partial charge is 0.225 e. The lowest BCUT2D eigenvalue weighted by atomic mass is 9.84. The van der Waals surface area contributed by atoms with E-state index >= 15 is 0 Å². The van der Waals surface area contributed by atoms with Gasteiger partial charge in [-0.1, -0.05) is 25.7 Å². The highest BCUT2D eigenvalue weighted by Crippen LogP contribution is 2.29. The van der Waals surface area contributed by atoms with Crippen LogP contribution in [0.15, 0.2) is 0 Å². The minimum Gasteiger partial charge on any atom is -0.341 e. The second kappa shape index (κ2) is 6.80. The van der Waals surface area contributed by atoms with Crippen LogP contribution in [-0.4, -0.2) is 47.8 Å². The van der Waals surface area contributed by atoms with Crippen molar-refractivity contribution in [3.63, 3.8) is 0 Å². The van der Waals surface area contributed by atoms with E-state index in [1.54, 1.807) is 0 Å². The molecule has 0 bridgehead atoms. The first kappa shape index (κ1) is 14.9. The van der Waals surface area contributed by atoms with Gasteiger partial charge < -0.3 is 9.80 Å². The molecule has 3 fully saturated rings. The van der Waals surface area contributed by atoms with Gasteiger partial charge in [-0.05, 0) is 32.1 Å².